The number of benzene rings is 1. The Kier molecular flexibility index (Phi) is 6.72. The number of hydrogen-bond acceptors (Lipinski definition) is 3. The lowest BCUT2D eigenvalue weighted by atomic mass is 10.1. The zero-order valence-corrected chi connectivity index (χ0v) is 12.5. The van der Waals surface area contributed by atoms with Crippen molar-refractivity contribution in [2.75, 3.05) is 26.7 Å². The highest BCUT2D eigenvalue weighted by molar-refractivity contribution is 6.30. The van der Waals surface area contributed by atoms with E-state index in [1.54, 1.807) is 6.07 Å². The van der Waals surface area contributed by atoms with Crippen LogP contribution in [0.2, 0.25) is 5.02 Å². The summed E-state index contributed by atoms with van der Waals surface area (Å²) in [4.78, 5) is 2.06. The second-order valence-electron chi connectivity index (χ2n) is 4.83. The predicted octanol–water partition coefficient (Wildman–Crippen LogP) is 2.84. The maximum absolute atomic E-state index is 13.5. The van der Waals surface area contributed by atoms with Gasteiger partial charge in [-0.3, -0.25) is 4.90 Å². The lowest BCUT2D eigenvalue weighted by Gasteiger charge is -2.27. The number of nitrogens with zero attached hydrogens (tertiary/aromatic N) is 1. The van der Waals surface area contributed by atoms with Gasteiger partial charge in [-0.25, -0.2) is 4.39 Å². The molecule has 1 unspecified atom stereocenters. The van der Waals surface area contributed by atoms with E-state index in [4.69, 9.17) is 22.1 Å². The first-order chi connectivity index (χ1) is 8.95. The Morgan fingerprint density at radius 2 is 2.11 bits per heavy atom. The highest BCUT2D eigenvalue weighted by atomic mass is 35.5. The van der Waals surface area contributed by atoms with Crippen LogP contribution < -0.4 is 5.73 Å². The van der Waals surface area contributed by atoms with Crippen molar-refractivity contribution in [3.05, 3.63) is 34.6 Å². The zero-order valence-electron chi connectivity index (χ0n) is 11.7. The molecule has 19 heavy (non-hydrogen) atoms. The minimum atomic E-state index is -0.413. The van der Waals surface area contributed by atoms with Crippen molar-refractivity contribution in [2.24, 2.45) is 5.73 Å². The second-order valence-corrected chi connectivity index (χ2v) is 5.23. The molecule has 108 valence electrons. The maximum atomic E-state index is 13.5. The average molecular weight is 289 g/mol. The van der Waals surface area contributed by atoms with Gasteiger partial charge >= 0.3 is 0 Å². The van der Waals surface area contributed by atoms with Crippen LogP contribution in [0.1, 0.15) is 25.5 Å². The molecule has 0 spiro atoms. The van der Waals surface area contributed by atoms with Crippen molar-refractivity contribution in [3.8, 4) is 0 Å². The van der Waals surface area contributed by atoms with Crippen LogP contribution >= 0.6 is 11.6 Å². The van der Waals surface area contributed by atoms with Gasteiger partial charge in [0.1, 0.15) is 5.82 Å². The first-order valence-corrected chi connectivity index (χ1v) is 6.80. The summed E-state index contributed by atoms with van der Waals surface area (Å²) in [5, 5.41) is 0.130. The van der Waals surface area contributed by atoms with Gasteiger partial charge in [0, 0.05) is 19.1 Å². The van der Waals surface area contributed by atoms with Crippen molar-refractivity contribution in [1.82, 2.24) is 4.90 Å². The third-order valence-electron chi connectivity index (χ3n) is 2.98. The Hall–Kier alpha value is -0.680. The molecule has 0 saturated carbocycles. The lowest BCUT2D eigenvalue weighted by molar-refractivity contribution is 0.0564. The highest BCUT2D eigenvalue weighted by Crippen LogP contribution is 2.23. The maximum Gasteiger partial charge on any atom is 0.142 e. The van der Waals surface area contributed by atoms with E-state index in [1.165, 1.54) is 6.07 Å². The van der Waals surface area contributed by atoms with Gasteiger partial charge in [0.15, 0.2) is 0 Å². The van der Waals surface area contributed by atoms with Gasteiger partial charge in [0.2, 0.25) is 0 Å². The largest absolute Gasteiger partial charge is 0.377 e. The standard InChI is InChI=1S/C14H22ClFN2O/c1-10(2)19-7-6-18(3)14(9-17)11-4-5-12(15)13(16)8-11/h4-5,8,10,14H,6-7,9,17H2,1-3H3. The molecule has 0 aliphatic heterocycles. The molecule has 3 nitrogen and oxygen atoms in total. The van der Waals surface area contributed by atoms with Gasteiger partial charge in [-0.15, -0.1) is 0 Å². The minimum absolute atomic E-state index is 0.0393. The fourth-order valence-corrected chi connectivity index (χ4v) is 2.00. The summed E-state index contributed by atoms with van der Waals surface area (Å²) in [6.07, 6.45) is 0.206. The molecule has 0 radical (unpaired) electrons. The van der Waals surface area contributed by atoms with Crippen LogP contribution in [0.5, 0.6) is 0 Å². The fourth-order valence-electron chi connectivity index (χ4n) is 1.88. The van der Waals surface area contributed by atoms with Crippen molar-refractivity contribution in [1.29, 1.82) is 0 Å². The Labute approximate surface area is 119 Å². The zero-order chi connectivity index (χ0) is 14.4. The summed E-state index contributed by atoms with van der Waals surface area (Å²) in [5.74, 6) is -0.413. The van der Waals surface area contributed by atoms with Crippen LogP contribution in [0.3, 0.4) is 0 Å². The molecule has 0 heterocycles. The van der Waals surface area contributed by atoms with E-state index in [-0.39, 0.29) is 17.2 Å². The van der Waals surface area contributed by atoms with E-state index in [0.717, 1.165) is 12.1 Å². The average Bonchev–Trinajstić information content (AvgIpc) is 2.34. The monoisotopic (exact) mass is 288 g/mol. The molecule has 0 aliphatic rings. The van der Waals surface area contributed by atoms with Crippen LogP contribution in [-0.4, -0.2) is 37.7 Å². The van der Waals surface area contributed by atoms with Crippen molar-refractivity contribution < 1.29 is 9.13 Å². The Balaban J connectivity index is 2.67. The van der Waals surface area contributed by atoms with Crippen LogP contribution in [0, 0.1) is 5.82 Å². The Morgan fingerprint density at radius 3 is 2.63 bits per heavy atom. The van der Waals surface area contributed by atoms with E-state index in [1.807, 2.05) is 27.0 Å². The van der Waals surface area contributed by atoms with E-state index in [9.17, 15) is 4.39 Å². The second kappa shape index (κ2) is 7.80. The summed E-state index contributed by atoms with van der Waals surface area (Å²) in [6, 6.07) is 4.78. The van der Waals surface area contributed by atoms with E-state index < -0.39 is 5.82 Å². The van der Waals surface area contributed by atoms with E-state index >= 15 is 0 Å². The summed E-state index contributed by atoms with van der Waals surface area (Å²) in [7, 11) is 1.95. The molecule has 0 fully saturated rings. The van der Waals surface area contributed by atoms with Gasteiger partial charge in [-0.1, -0.05) is 17.7 Å². The van der Waals surface area contributed by atoms with Gasteiger partial charge < -0.3 is 10.5 Å². The first kappa shape index (κ1) is 16.4. The van der Waals surface area contributed by atoms with Crippen LogP contribution in [0.25, 0.3) is 0 Å². The molecule has 1 atom stereocenters. The third-order valence-corrected chi connectivity index (χ3v) is 3.29. The molecule has 1 aromatic carbocycles. The predicted molar refractivity (Wildman–Crippen MR) is 76.9 cm³/mol. The van der Waals surface area contributed by atoms with Crippen LogP contribution in [0.4, 0.5) is 4.39 Å². The van der Waals surface area contributed by atoms with Crippen molar-refractivity contribution in [2.45, 2.75) is 26.0 Å². The lowest BCUT2D eigenvalue weighted by Crippen LogP contribution is -2.33. The number of halogens is 2. The first-order valence-electron chi connectivity index (χ1n) is 6.42. The molecular formula is C14H22ClFN2O. The normalized spacial score (nSPS) is 13.3. The SMILES string of the molecule is CC(C)OCCN(C)C(CN)c1ccc(Cl)c(F)c1. The topological polar surface area (TPSA) is 38.5 Å². The summed E-state index contributed by atoms with van der Waals surface area (Å²) in [6.45, 7) is 5.77. The summed E-state index contributed by atoms with van der Waals surface area (Å²) in [5.41, 5.74) is 6.62. The number of nitrogens with two attached hydrogens (primary N) is 1. The van der Waals surface area contributed by atoms with Crippen LogP contribution in [-0.2, 0) is 4.74 Å². The van der Waals surface area contributed by atoms with E-state index in [0.29, 0.717) is 13.2 Å². The molecule has 0 aromatic heterocycles. The summed E-state index contributed by atoms with van der Waals surface area (Å²) >= 11 is 5.69. The number of hydrogen-bond donors (Lipinski definition) is 1. The van der Waals surface area contributed by atoms with Gasteiger partial charge in [-0.05, 0) is 38.6 Å². The molecule has 0 saturated heterocycles. The third kappa shape index (κ3) is 5.07. The molecule has 1 rings (SSSR count). The summed E-state index contributed by atoms with van der Waals surface area (Å²) < 4.78 is 19.0. The number of likely N-dealkylation sites (N-methyl/N-ethyl adjacent to an activating group) is 1. The molecule has 0 bridgehead atoms. The Morgan fingerprint density at radius 1 is 1.42 bits per heavy atom. The molecular weight excluding hydrogens is 267 g/mol. The smallest absolute Gasteiger partial charge is 0.142 e. The molecule has 0 aliphatic carbocycles. The number of ether oxygens (including phenoxy) is 1. The molecule has 0 amide bonds. The molecule has 2 N–H and O–H groups in total. The van der Waals surface area contributed by atoms with Crippen molar-refractivity contribution >= 4 is 11.6 Å². The molecule has 1 aromatic rings. The number of rotatable bonds is 7. The van der Waals surface area contributed by atoms with Gasteiger partial charge in [-0.2, -0.15) is 0 Å². The van der Waals surface area contributed by atoms with Gasteiger partial charge in [0.05, 0.1) is 17.7 Å². The fraction of sp³-hybridized carbons (Fsp3) is 0.571. The quantitative estimate of drug-likeness (QED) is 0.838. The van der Waals surface area contributed by atoms with Crippen molar-refractivity contribution in [3.63, 3.8) is 0 Å². The Bertz CT molecular complexity index is 401. The molecule has 5 heteroatoms. The van der Waals surface area contributed by atoms with Gasteiger partial charge in [0.25, 0.3) is 0 Å². The minimum Gasteiger partial charge on any atom is -0.377 e. The van der Waals surface area contributed by atoms with Crippen LogP contribution in [0.15, 0.2) is 18.2 Å². The highest BCUT2D eigenvalue weighted by Gasteiger charge is 2.16. The van der Waals surface area contributed by atoms with E-state index in [2.05, 4.69) is 4.90 Å².